The van der Waals surface area contributed by atoms with Crippen molar-refractivity contribution in [3.8, 4) is 0 Å². The Morgan fingerprint density at radius 3 is 2.75 bits per heavy atom. The summed E-state index contributed by atoms with van der Waals surface area (Å²) in [6.07, 6.45) is 5.71. The summed E-state index contributed by atoms with van der Waals surface area (Å²) in [5.41, 5.74) is 0. The monoisotopic (exact) mass is 278 g/mol. The number of hydrogen-bond acceptors (Lipinski definition) is 5. The highest BCUT2D eigenvalue weighted by atomic mass is 16.3. The van der Waals surface area contributed by atoms with Gasteiger partial charge in [-0.25, -0.2) is 9.97 Å². The molecule has 3 N–H and O–H groups in total. The van der Waals surface area contributed by atoms with Gasteiger partial charge in [-0.05, 0) is 26.2 Å². The number of aryl methyl sites for hydroxylation is 1. The van der Waals surface area contributed by atoms with E-state index in [1.165, 1.54) is 12.8 Å². The van der Waals surface area contributed by atoms with E-state index in [2.05, 4.69) is 27.5 Å². The molecule has 2 atom stereocenters. The Morgan fingerprint density at radius 1 is 1.25 bits per heavy atom. The Balaban J connectivity index is 2.05. The number of aliphatic hydroxyl groups is 1. The molecule has 5 nitrogen and oxygen atoms in total. The fourth-order valence-corrected chi connectivity index (χ4v) is 2.79. The summed E-state index contributed by atoms with van der Waals surface area (Å²) in [7, 11) is 0. The van der Waals surface area contributed by atoms with Crippen molar-refractivity contribution in [2.45, 2.75) is 52.0 Å². The molecule has 0 amide bonds. The molecule has 1 fully saturated rings. The minimum Gasteiger partial charge on any atom is -0.396 e. The van der Waals surface area contributed by atoms with E-state index >= 15 is 0 Å². The van der Waals surface area contributed by atoms with Gasteiger partial charge in [-0.2, -0.15) is 0 Å². The van der Waals surface area contributed by atoms with Gasteiger partial charge in [-0.15, -0.1) is 0 Å². The minimum atomic E-state index is 0.253. The molecule has 1 aliphatic carbocycles. The topological polar surface area (TPSA) is 70.1 Å². The van der Waals surface area contributed by atoms with Crippen molar-refractivity contribution >= 4 is 11.6 Å². The molecule has 20 heavy (non-hydrogen) atoms. The van der Waals surface area contributed by atoms with Crippen LogP contribution in [0.5, 0.6) is 0 Å². The molecule has 5 heteroatoms. The van der Waals surface area contributed by atoms with Gasteiger partial charge < -0.3 is 15.7 Å². The summed E-state index contributed by atoms with van der Waals surface area (Å²) in [5, 5.41) is 16.3. The van der Waals surface area contributed by atoms with Gasteiger partial charge in [0, 0.05) is 31.2 Å². The Morgan fingerprint density at radius 2 is 2.00 bits per heavy atom. The third-order valence-electron chi connectivity index (χ3n) is 3.87. The highest BCUT2D eigenvalue weighted by molar-refractivity contribution is 5.48. The Hall–Kier alpha value is -1.36. The summed E-state index contributed by atoms with van der Waals surface area (Å²) in [4.78, 5) is 8.85. The summed E-state index contributed by atoms with van der Waals surface area (Å²) in [5.74, 6) is 2.84. The van der Waals surface area contributed by atoms with Crippen LogP contribution in [0.15, 0.2) is 6.07 Å². The zero-order valence-electron chi connectivity index (χ0n) is 12.5. The van der Waals surface area contributed by atoms with E-state index in [9.17, 15) is 5.11 Å². The molecule has 112 valence electrons. The maximum Gasteiger partial charge on any atom is 0.132 e. The lowest BCUT2D eigenvalue weighted by molar-refractivity contribution is 0.178. The van der Waals surface area contributed by atoms with Crippen LogP contribution < -0.4 is 10.6 Å². The Labute approximate surface area is 121 Å². The fraction of sp³-hybridized carbons (Fsp3) is 0.733. The molecule has 0 aliphatic heterocycles. The summed E-state index contributed by atoms with van der Waals surface area (Å²) in [6.45, 7) is 5.21. The molecule has 0 aromatic carbocycles. The first-order chi connectivity index (χ1) is 9.72. The number of aliphatic hydroxyl groups excluding tert-OH is 1. The lowest BCUT2D eigenvalue weighted by Crippen LogP contribution is -2.34. The fourth-order valence-electron chi connectivity index (χ4n) is 2.79. The lowest BCUT2D eigenvalue weighted by atomic mass is 9.85. The van der Waals surface area contributed by atoms with Gasteiger partial charge in [0.2, 0.25) is 0 Å². The van der Waals surface area contributed by atoms with Crippen LogP contribution in [0.4, 0.5) is 11.6 Å². The molecule has 0 bridgehead atoms. The second-order valence-corrected chi connectivity index (χ2v) is 5.59. The molecule has 2 rings (SSSR count). The molecule has 1 aromatic rings. The average molecular weight is 278 g/mol. The van der Waals surface area contributed by atoms with Gasteiger partial charge >= 0.3 is 0 Å². The number of nitrogens with zero attached hydrogens (tertiary/aromatic N) is 2. The van der Waals surface area contributed by atoms with Crippen molar-refractivity contribution in [3.05, 3.63) is 11.9 Å². The summed E-state index contributed by atoms with van der Waals surface area (Å²) >= 11 is 0. The molecule has 2 unspecified atom stereocenters. The lowest BCUT2D eigenvalue weighted by Gasteiger charge is -2.31. The smallest absolute Gasteiger partial charge is 0.132 e. The van der Waals surface area contributed by atoms with Crippen LogP contribution in [0, 0.1) is 12.8 Å². The first-order valence-electron chi connectivity index (χ1n) is 7.70. The number of aromatic nitrogens is 2. The van der Waals surface area contributed by atoms with Crippen LogP contribution in [0.25, 0.3) is 0 Å². The first-order valence-corrected chi connectivity index (χ1v) is 7.70. The third-order valence-corrected chi connectivity index (χ3v) is 3.87. The van der Waals surface area contributed by atoms with Crippen molar-refractivity contribution in [2.75, 3.05) is 23.8 Å². The zero-order chi connectivity index (χ0) is 14.4. The molecule has 1 saturated carbocycles. The van der Waals surface area contributed by atoms with Crippen molar-refractivity contribution < 1.29 is 5.11 Å². The largest absolute Gasteiger partial charge is 0.396 e. The van der Waals surface area contributed by atoms with E-state index in [4.69, 9.17) is 0 Å². The Kier molecular flexibility index (Phi) is 5.59. The van der Waals surface area contributed by atoms with Crippen molar-refractivity contribution in [3.63, 3.8) is 0 Å². The van der Waals surface area contributed by atoms with Crippen molar-refractivity contribution in [1.29, 1.82) is 0 Å². The van der Waals surface area contributed by atoms with Gasteiger partial charge in [0.15, 0.2) is 0 Å². The SMILES string of the molecule is CCCNc1cc(NC2CCCCC2CO)nc(C)n1. The number of anilines is 2. The van der Waals surface area contributed by atoms with Crippen LogP contribution in [0.2, 0.25) is 0 Å². The van der Waals surface area contributed by atoms with Crippen LogP contribution in [0.3, 0.4) is 0 Å². The highest BCUT2D eigenvalue weighted by Gasteiger charge is 2.24. The molecule has 0 saturated heterocycles. The van der Waals surface area contributed by atoms with Gasteiger partial charge in [-0.3, -0.25) is 0 Å². The molecule has 1 aliphatic rings. The van der Waals surface area contributed by atoms with Crippen molar-refractivity contribution in [1.82, 2.24) is 9.97 Å². The normalized spacial score (nSPS) is 22.6. The highest BCUT2D eigenvalue weighted by Crippen LogP contribution is 2.27. The second-order valence-electron chi connectivity index (χ2n) is 5.59. The molecule has 1 aromatic heterocycles. The van der Waals surface area contributed by atoms with E-state index in [-0.39, 0.29) is 6.61 Å². The number of hydrogen-bond donors (Lipinski definition) is 3. The number of nitrogens with one attached hydrogen (secondary N) is 2. The quantitative estimate of drug-likeness (QED) is 0.746. The summed E-state index contributed by atoms with van der Waals surface area (Å²) in [6, 6.07) is 2.29. The maximum absolute atomic E-state index is 9.48. The summed E-state index contributed by atoms with van der Waals surface area (Å²) < 4.78 is 0. The van der Waals surface area contributed by atoms with Gasteiger partial charge in [0.1, 0.15) is 17.5 Å². The minimum absolute atomic E-state index is 0.253. The maximum atomic E-state index is 9.48. The van der Waals surface area contributed by atoms with E-state index in [1.807, 2.05) is 13.0 Å². The predicted octanol–water partition coefficient (Wildman–Crippen LogP) is 2.57. The Bertz CT molecular complexity index is 424. The third kappa shape index (κ3) is 4.07. The van der Waals surface area contributed by atoms with Crippen LogP contribution >= 0.6 is 0 Å². The van der Waals surface area contributed by atoms with Crippen LogP contribution in [0.1, 0.15) is 44.9 Å². The van der Waals surface area contributed by atoms with Crippen LogP contribution in [-0.4, -0.2) is 34.3 Å². The first kappa shape index (κ1) is 15.0. The molecular weight excluding hydrogens is 252 g/mol. The van der Waals surface area contributed by atoms with E-state index in [0.29, 0.717) is 12.0 Å². The van der Waals surface area contributed by atoms with Crippen molar-refractivity contribution in [2.24, 2.45) is 5.92 Å². The zero-order valence-corrected chi connectivity index (χ0v) is 12.5. The average Bonchev–Trinajstić information content (AvgIpc) is 2.45. The van der Waals surface area contributed by atoms with Gasteiger partial charge in [0.25, 0.3) is 0 Å². The van der Waals surface area contributed by atoms with Gasteiger partial charge in [0.05, 0.1) is 0 Å². The van der Waals surface area contributed by atoms with E-state index < -0.39 is 0 Å². The van der Waals surface area contributed by atoms with E-state index in [1.54, 1.807) is 0 Å². The van der Waals surface area contributed by atoms with Gasteiger partial charge in [-0.1, -0.05) is 19.8 Å². The molecule has 0 radical (unpaired) electrons. The second kappa shape index (κ2) is 7.43. The standard InChI is InChI=1S/C15H26N4O/c1-3-8-16-14-9-15(18-11(2)17-14)19-13-7-5-4-6-12(13)10-20/h9,12-13,20H,3-8,10H2,1-2H3,(H2,16,17,18,19). The molecular formula is C15H26N4O. The van der Waals surface area contributed by atoms with Crippen LogP contribution in [-0.2, 0) is 0 Å². The predicted molar refractivity (Wildman–Crippen MR) is 82.0 cm³/mol. The number of rotatable bonds is 6. The molecule has 1 heterocycles. The van der Waals surface area contributed by atoms with E-state index in [0.717, 1.165) is 43.3 Å². The molecule has 0 spiro atoms.